The second-order valence-electron chi connectivity index (χ2n) is 6.28. The molecule has 7 nitrogen and oxygen atoms in total. The van der Waals surface area contributed by atoms with Gasteiger partial charge in [-0.05, 0) is 25.5 Å². The molecule has 7 heteroatoms. The Bertz CT molecular complexity index is 733. The maximum absolute atomic E-state index is 12.8. The molecule has 1 aliphatic carbocycles. The van der Waals surface area contributed by atoms with Crippen LogP contribution in [0.5, 0.6) is 0 Å². The first-order chi connectivity index (χ1) is 12.3. The Morgan fingerprint density at radius 3 is 3.00 bits per heavy atom. The maximum Gasteiger partial charge on any atom is 0.257 e. The molecule has 0 bridgehead atoms. The average molecular weight is 343 g/mol. The van der Waals surface area contributed by atoms with Crippen molar-refractivity contribution in [3.8, 4) is 11.5 Å². The minimum absolute atomic E-state index is 0.0474. The molecule has 1 saturated heterocycles. The Hall–Kier alpha value is -2.25. The average Bonchev–Trinajstić information content (AvgIpc) is 3.25. The summed E-state index contributed by atoms with van der Waals surface area (Å²) in [5.41, 5.74) is 0.856. The van der Waals surface area contributed by atoms with Crippen molar-refractivity contribution in [1.82, 2.24) is 15.0 Å². The third-order valence-electron chi connectivity index (χ3n) is 4.60. The Labute approximate surface area is 145 Å². The van der Waals surface area contributed by atoms with E-state index in [4.69, 9.17) is 14.0 Å². The number of benzene rings is 1. The van der Waals surface area contributed by atoms with Gasteiger partial charge in [0.2, 0.25) is 5.91 Å². The number of nitrogens with zero attached hydrogens (tertiary/aromatic N) is 3. The summed E-state index contributed by atoms with van der Waals surface area (Å²) in [5, 5.41) is 4.09. The van der Waals surface area contributed by atoms with Crippen molar-refractivity contribution >= 4 is 5.91 Å². The van der Waals surface area contributed by atoms with Crippen LogP contribution in [0.1, 0.15) is 25.2 Å². The van der Waals surface area contributed by atoms with Crippen LogP contribution in [-0.2, 0) is 14.3 Å². The minimum Gasteiger partial charge on any atom is -0.378 e. The molecular formula is C18H21N3O4. The summed E-state index contributed by atoms with van der Waals surface area (Å²) in [4.78, 5) is 19.1. The number of carbonyl (C=O) groups excluding carboxylic acids is 1. The van der Waals surface area contributed by atoms with Crippen LogP contribution in [-0.4, -0.2) is 53.4 Å². The molecule has 1 aromatic carbocycles. The second kappa shape index (κ2) is 6.93. The summed E-state index contributed by atoms with van der Waals surface area (Å²) < 4.78 is 16.5. The van der Waals surface area contributed by atoms with E-state index in [1.165, 1.54) is 0 Å². The van der Waals surface area contributed by atoms with Crippen molar-refractivity contribution in [1.29, 1.82) is 0 Å². The molecule has 0 spiro atoms. The fourth-order valence-corrected chi connectivity index (χ4v) is 3.19. The normalized spacial score (nSPS) is 25.8. The third-order valence-corrected chi connectivity index (χ3v) is 4.60. The van der Waals surface area contributed by atoms with E-state index in [1.54, 1.807) is 0 Å². The van der Waals surface area contributed by atoms with E-state index in [0.717, 1.165) is 12.0 Å². The quantitative estimate of drug-likeness (QED) is 0.827. The predicted molar refractivity (Wildman–Crippen MR) is 88.5 cm³/mol. The molecule has 1 amide bonds. The Morgan fingerprint density at radius 2 is 2.20 bits per heavy atom. The van der Waals surface area contributed by atoms with Crippen LogP contribution in [0.3, 0.4) is 0 Å². The van der Waals surface area contributed by atoms with Crippen LogP contribution in [0.4, 0.5) is 0 Å². The first-order valence-corrected chi connectivity index (χ1v) is 8.66. The molecule has 2 heterocycles. The number of rotatable bonds is 5. The third kappa shape index (κ3) is 3.29. The highest BCUT2D eigenvalue weighted by Gasteiger charge is 2.48. The Kier molecular flexibility index (Phi) is 4.50. The lowest BCUT2D eigenvalue weighted by atomic mass is 10.2. The molecule has 3 atom stereocenters. The van der Waals surface area contributed by atoms with E-state index in [9.17, 15) is 4.79 Å². The summed E-state index contributed by atoms with van der Waals surface area (Å²) in [6.45, 7) is 4.02. The molecule has 2 aromatic rings. The molecule has 4 rings (SSSR count). The molecule has 0 N–H and O–H groups in total. The Morgan fingerprint density at radius 1 is 1.36 bits per heavy atom. The van der Waals surface area contributed by atoms with Gasteiger partial charge in [0.1, 0.15) is 6.04 Å². The largest absolute Gasteiger partial charge is 0.378 e. The van der Waals surface area contributed by atoms with Crippen molar-refractivity contribution in [3.63, 3.8) is 0 Å². The molecule has 2 fully saturated rings. The standard InChI is InChI=1S/C18H21N3O4/c1-2-24-15-10-13(15)18(22)21-8-9-23-11-14(21)16-19-17(25-20-16)12-6-4-3-5-7-12/h3-7,13-15H,2,8-11H2,1H3. The molecule has 0 radical (unpaired) electrons. The summed E-state index contributed by atoms with van der Waals surface area (Å²) in [5.74, 6) is 0.978. The van der Waals surface area contributed by atoms with Crippen molar-refractivity contribution in [2.75, 3.05) is 26.4 Å². The topological polar surface area (TPSA) is 77.7 Å². The molecule has 25 heavy (non-hydrogen) atoms. The molecule has 1 aromatic heterocycles. The van der Waals surface area contributed by atoms with Gasteiger partial charge in [-0.3, -0.25) is 4.79 Å². The van der Waals surface area contributed by atoms with E-state index >= 15 is 0 Å². The van der Waals surface area contributed by atoms with Crippen LogP contribution in [0.2, 0.25) is 0 Å². The molecule has 132 valence electrons. The maximum atomic E-state index is 12.8. The summed E-state index contributed by atoms with van der Waals surface area (Å²) >= 11 is 0. The van der Waals surface area contributed by atoms with Crippen LogP contribution in [0, 0.1) is 5.92 Å². The molecular weight excluding hydrogens is 322 g/mol. The van der Waals surface area contributed by atoms with Gasteiger partial charge in [-0.15, -0.1) is 0 Å². The monoisotopic (exact) mass is 343 g/mol. The van der Waals surface area contributed by atoms with Gasteiger partial charge in [-0.2, -0.15) is 4.98 Å². The number of ether oxygens (including phenoxy) is 2. The van der Waals surface area contributed by atoms with Gasteiger partial charge in [0.15, 0.2) is 5.82 Å². The number of morpholine rings is 1. The predicted octanol–water partition coefficient (Wildman–Crippen LogP) is 2.06. The first kappa shape index (κ1) is 16.2. The number of amides is 1. The molecule has 1 saturated carbocycles. The molecule has 3 unspecified atom stereocenters. The number of hydrogen-bond donors (Lipinski definition) is 0. The zero-order valence-electron chi connectivity index (χ0n) is 14.1. The SMILES string of the molecule is CCOC1CC1C(=O)N1CCOCC1c1noc(-c2ccccc2)n1. The van der Waals surface area contributed by atoms with E-state index in [2.05, 4.69) is 10.1 Å². The van der Waals surface area contributed by atoms with Crippen LogP contribution in [0.15, 0.2) is 34.9 Å². The fraction of sp³-hybridized carbons (Fsp3) is 0.500. The molecule has 2 aliphatic rings. The van der Waals surface area contributed by atoms with E-state index in [-0.39, 0.29) is 24.0 Å². The second-order valence-corrected chi connectivity index (χ2v) is 6.28. The number of carbonyl (C=O) groups is 1. The van der Waals surface area contributed by atoms with Crippen LogP contribution < -0.4 is 0 Å². The fourth-order valence-electron chi connectivity index (χ4n) is 3.19. The first-order valence-electron chi connectivity index (χ1n) is 8.66. The number of aromatic nitrogens is 2. The van der Waals surface area contributed by atoms with Gasteiger partial charge < -0.3 is 18.9 Å². The van der Waals surface area contributed by atoms with Gasteiger partial charge in [-0.1, -0.05) is 23.4 Å². The lowest BCUT2D eigenvalue weighted by molar-refractivity contribution is -0.143. The van der Waals surface area contributed by atoms with Gasteiger partial charge in [0, 0.05) is 18.7 Å². The highest BCUT2D eigenvalue weighted by molar-refractivity contribution is 5.82. The van der Waals surface area contributed by atoms with Gasteiger partial charge in [0.25, 0.3) is 5.89 Å². The van der Waals surface area contributed by atoms with Crippen molar-refractivity contribution < 1.29 is 18.8 Å². The zero-order valence-corrected chi connectivity index (χ0v) is 14.1. The van der Waals surface area contributed by atoms with E-state index in [0.29, 0.717) is 38.1 Å². The smallest absolute Gasteiger partial charge is 0.257 e. The highest BCUT2D eigenvalue weighted by atomic mass is 16.5. The summed E-state index contributed by atoms with van der Waals surface area (Å²) in [6, 6.07) is 9.27. The minimum atomic E-state index is -0.315. The van der Waals surface area contributed by atoms with E-state index in [1.807, 2.05) is 42.2 Å². The summed E-state index contributed by atoms with van der Waals surface area (Å²) in [6.07, 6.45) is 0.837. The highest BCUT2D eigenvalue weighted by Crippen LogP contribution is 2.38. The number of hydrogen-bond acceptors (Lipinski definition) is 6. The lowest BCUT2D eigenvalue weighted by Gasteiger charge is -2.33. The van der Waals surface area contributed by atoms with Gasteiger partial charge in [0.05, 0.1) is 25.2 Å². The lowest BCUT2D eigenvalue weighted by Crippen LogP contribution is -2.45. The summed E-state index contributed by atoms with van der Waals surface area (Å²) in [7, 11) is 0. The van der Waals surface area contributed by atoms with E-state index < -0.39 is 0 Å². The Balaban J connectivity index is 1.52. The van der Waals surface area contributed by atoms with Gasteiger partial charge >= 0.3 is 0 Å². The zero-order chi connectivity index (χ0) is 17.2. The van der Waals surface area contributed by atoms with Crippen LogP contribution >= 0.6 is 0 Å². The van der Waals surface area contributed by atoms with Crippen LogP contribution in [0.25, 0.3) is 11.5 Å². The van der Waals surface area contributed by atoms with Crippen molar-refractivity contribution in [2.24, 2.45) is 5.92 Å². The van der Waals surface area contributed by atoms with Crippen molar-refractivity contribution in [3.05, 3.63) is 36.2 Å². The van der Waals surface area contributed by atoms with Gasteiger partial charge in [-0.25, -0.2) is 0 Å². The molecule has 1 aliphatic heterocycles. The van der Waals surface area contributed by atoms with Crippen molar-refractivity contribution in [2.45, 2.75) is 25.5 Å².